The van der Waals surface area contributed by atoms with Crippen molar-refractivity contribution in [2.45, 2.75) is 136 Å². The molecule has 0 spiro atoms. The number of carbonyl (C=O) groups excluding carboxylic acids is 1. The van der Waals surface area contributed by atoms with Crippen LogP contribution in [0.25, 0.3) is 0 Å². The normalized spacial score (nSPS) is 12.2. The SMILES string of the molecule is CCCCCCCCCCCC(CCCCCCCCCC)COC(=O)CS. The van der Waals surface area contributed by atoms with E-state index in [1.165, 1.54) is 122 Å². The second-order valence-electron chi connectivity index (χ2n) is 8.59. The summed E-state index contributed by atoms with van der Waals surface area (Å²) in [6.45, 7) is 5.15. The van der Waals surface area contributed by atoms with Crippen molar-refractivity contribution in [1.29, 1.82) is 0 Å². The molecular weight excluding hydrogens is 364 g/mol. The van der Waals surface area contributed by atoms with E-state index in [1.807, 2.05) is 0 Å². The molecule has 3 heteroatoms. The van der Waals surface area contributed by atoms with Gasteiger partial charge in [0.15, 0.2) is 0 Å². The van der Waals surface area contributed by atoms with Gasteiger partial charge in [-0.3, -0.25) is 4.79 Å². The zero-order chi connectivity index (χ0) is 20.7. The van der Waals surface area contributed by atoms with Crippen LogP contribution >= 0.6 is 12.6 Å². The van der Waals surface area contributed by atoms with E-state index >= 15 is 0 Å². The van der Waals surface area contributed by atoms with Gasteiger partial charge in [-0.1, -0.05) is 123 Å². The first-order valence-electron chi connectivity index (χ1n) is 12.5. The summed E-state index contributed by atoms with van der Waals surface area (Å²) in [7, 11) is 0. The number of thiol groups is 1. The molecule has 0 amide bonds. The Morgan fingerprint density at radius 1 is 0.643 bits per heavy atom. The summed E-state index contributed by atoms with van der Waals surface area (Å²) in [5.74, 6) is 0.576. The van der Waals surface area contributed by atoms with Crippen LogP contribution in [0.1, 0.15) is 136 Å². The van der Waals surface area contributed by atoms with Crippen molar-refractivity contribution >= 4 is 18.6 Å². The zero-order valence-electron chi connectivity index (χ0n) is 19.2. The monoisotopic (exact) mass is 414 g/mol. The Bertz CT molecular complexity index is 320. The summed E-state index contributed by atoms with van der Waals surface area (Å²) in [5.41, 5.74) is 0. The van der Waals surface area contributed by atoms with Crippen LogP contribution in [-0.2, 0) is 9.53 Å². The van der Waals surface area contributed by atoms with Gasteiger partial charge in [0, 0.05) is 0 Å². The second-order valence-corrected chi connectivity index (χ2v) is 8.90. The minimum absolute atomic E-state index is 0.170. The Labute approximate surface area is 182 Å². The summed E-state index contributed by atoms with van der Waals surface area (Å²) in [6, 6.07) is 0. The Hall–Kier alpha value is -0.180. The molecule has 0 rings (SSSR count). The lowest BCUT2D eigenvalue weighted by molar-refractivity contribution is -0.141. The summed E-state index contributed by atoms with van der Waals surface area (Å²) >= 11 is 4.02. The van der Waals surface area contributed by atoms with E-state index in [1.54, 1.807) is 0 Å². The number of rotatable bonds is 22. The maximum absolute atomic E-state index is 11.4. The molecule has 0 aliphatic carbocycles. The molecule has 0 aromatic heterocycles. The van der Waals surface area contributed by atoms with Crippen molar-refractivity contribution in [2.75, 3.05) is 12.4 Å². The van der Waals surface area contributed by atoms with E-state index in [0.29, 0.717) is 12.5 Å². The molecule has 168 valence electrons. The van der Waals surface area contributed by atoms with Gasteiger partial charge in [0.1, 0.15) is 0 Å². The van der Waals surface area contributed by atoms with Crippen LogP contribution in [0.2, 0.25) is 0 Å². The number of hydrogen-bond donors (Lipinski definition) is 1. The molecule has 0 aliphatic rings. The molecule has 0 radical (unpaired) electrons. The standard InChI is InChI=1S/C25H50O2S/c1-3-5-7-9-11-13-15-17-19-21-24(22-27-25(26)23-28)20-18-16-14-12-10-8-6-4-2/h24,28H,3-23H2,1-2H3. The van der Waals surface area contributed by atoms with Gasteiger partial charge in [0.2, 0.25) is 0 Å². The predicted octanol–water partition coefficient (Wildman–Crippen LogP) is 8.53. The van der Waals surface area contributed by atoms with Crippen LogP contribution in [0.5, 0.6) is 0 Å². The van der Waals surface area contributed by atoms with Crippen LogP contribution in [-0.4, -0.2) is 18.3 Å². The fraction of sp³-hybridized carbons (Fsp3) is 0.960. The third-order valence-electron chi connectivity index (χ3n) is 5.79. The van der Waals surface area contributed by atoms with Crippen LogP contribution in [0.3, 0.4) is 0 Å². The molecule has 0 aromatic rings. The van der Waals surface area contributed by atoms with Gasteiger partial charge < -0.3 is 4.74 Å². The Morgan fingerprint density at radius 2 is 1.00 bits per heavy atom. The highest BCUT2D eigenvalue weighted by Crippen LogP contribution is 2.20. The number of unbranched alkanes of at least 4 members (excludes halogenated alkanes) is 15. The van der Waals surface area contributed by atoms with Crippen molar-refractivity contribution in [3.8, 4) is 0 Å². The lowest BCUT2D eigenvalue weighted by atomic mass is 9.94. The molecule has 1 unspecified atom stereocenters. The Morgan fingerprint density at radius 3 is 1.36 bits per heavy atom. The van der Waals surface area contributed by atoms with E-state index in [4.69, 9.17) is 4.74 Å². The Balaban J connectivity index is 3.77. The quantitative estimate of drug-likeness (QED) is 0.109. The van der Waals surface area contributed by atoms with E-state index < -0.39 is 0 Å². The van der Waals surface area contributed by atoms with Crippen molar-refractivity contribution in [2.24, 2.45) is 5.92 Å². The summed E-state index contributed by atoms with van der Waals surface area (Å²) in [5, 5.41) is 0. The largest absolute Gasteiger partial charge is 0.465 e. The highest BCUT2D eigenvalue weighted by molar-refractivity contribution is 7.81. The van der Waals surface area contributed by atoms with Gasteiger partial charge in [-0.15, -0.1) is 0 Å². The molecule has 0 saturated heterocycles. The number of ether oxygens (including phenoxy) is 1. The predicted molar refractivity (Wildman–Crippen MR) is 127 cm³/mol. The third-order valence-corrected chi connectivity index (χ3v) is 6.05. The molecule has 1 atom stereocenters. The molecule has 0 saturated carbocycles. The van der Waals surface area contributed by atoms with Crippen molar-refractivity contribution < 1.29 is 9.53 Å². The molecule has 0 fully saturated rings. The fourth-order valence-corrected chi connectivity index (χ4v) is 3.97. The molecular formula is C25H50O2S. The van der Waals surface area contributed by atoms with Gasteiger partial charge in [-0.2, -0.15) is 12.6 Å². The second kappa shape index (κ2) is 23.1. The molecule has 28 heavy (non-hydrogen) atoms. The maximum atomic E-state index is 11.4. The number of esters is 1. The molecule has 0 aromatic carbocycles. The van der Waals surface area contributed by atoms with Crippen LogP contribution < -0.4 is 0 Å². The first kappa shape index (κ1) is 27.8. The molecule has 0 N–H and O–H groups in total. The highest BCUT2D eigenvalue weighted by Gasteiger charge is 2.11. The average molecular weight is 415 g/mol. The van der Waals surface area contributed by atoms with Gasteiger partial charge in [0.05, 0.1) is 12.4 Å². The van der Waals surface area contributed by atoms with Gasteiger partial charge in [0.25, 0.3) is 0 Å². The third kappa shape index (κ3) is 20.6. The summed E-state index contributed by atoms with van der Waals surface area (Å²) in [6.07, 6.45) is 25.6. The number of carbonyl (C=O) groups is 1. The zero-order valence-corrected chi connectivity index (χ0v) is 20.1. The van der Waals surface area contributed by atoms with Gasteiger partial charge in [-0.05, 0) is 18.8 Å². The minimum atomic E-state index is -0.170. The molecule has 0 heterocycles. The van der Waals surface area contributed by atoms with Crippen LogP contribution in [0.4, 0.5) is 0 Å². The van der Waals surface area contributed by atoms with Crippen molar-refractivity contribution in [1.82, 2.24) is 0 Å². The van der Waals surface area contributed by atoms with E-state index in [9.17, 15) is 4.79 Å². The Kier molecular flexibility index (Phi) is 23.0. The van der Waals surface area contributed by atoms with E-state index in [-0.39, 0.29) is 11.7 Å². The maximum Gasteiger partial charge on any atom is 0.315 e. The van der Waals surface area contributed by atoms with Gasteiger partial charge in [-0.25, -0.2) is 0 Å². The number of hydrogen-bond acceptors (Lipinski definition) is 3. The van der Waals surface area contributed by atoms with Crippen LogP contribution in [0.15, 0.2) is 0 Å². The van der Waals surface area contributed by atoms with Crippen LogP contribution in [0, 0.1) is 5.92 Å². The molecule has 2 nitrogen and oxygen atoms in total. The lowest BCUT2D eigenvalue weighted by Gasteiger charge is -2.17. The first-order valence-corrected chi connectivity index (χ1v) is 13.1. The smallest absolute Gasteiger partial charge is 0.315 e. The van der Waals surface area contributed by atoms with Gasteiger partial charge >= 0.3 is 5.97 Å². The van der Waals surface area contributed by atoms with E-state index in [2.05, 4.69) is 26.5 Å². The summed E-state index contributed by atoms with van der Waals surface area (Å²) < 4.78 is 5.39. The van der Waals surface area contributed by atoms with E-state index in [0.717, 1.165) is 0 Å². The minimum Gasteiger partial charge on any atom is -0.465 e. The molecule has 0 aliphatic heterocycles. The highest BCUT2D eigenvalue weighted by atomic mass is 32.1. The topological polar surface area (TPSA) is 26.3 Å². The van der Waals surface area contributed by atoms with Crippen molar-refractivity contribution in [3.05, 3.63) is 0 Å². The molecule has 0 bridgehead atoms. The lowest BCUT2D eigenvalue weighted by Crippen LogP contribution is -2.15. The first-order chi connectivity index (χ1) is 13.7. The average Bonchev–Trinajstić information content (AvgIpc) is 2.71. The van der Waals surface area contributed by atoms with Crippen molar-refractivity contribution in [3.63, 3.8) is 0 Å². The summed E-state index contributed by atoms with van der Waals surface area (Å²) in [4.78, 5) is 11.4. The fourth-order valence-electron chi connectivity index (χ4n) is 3.88.